The first kappa shape index (κ1) is 26.7. The smallest absolute Gasteiger partial charge is 0.222 e. The Morgan fingerprint density at radius 1 is 1.24 bits per heavy atom. The van der Waals surface area contributed by atoms with E-state index in [-0.39, 0.29) is 35.8 Å². The molecular formula is C24H35IN6O2. The maximum Gasteiger partial charge on any atom is 0.222 e. The van der Waals surface area contributed by atoms with E-state index in [9.17, 15) is 4.79 Å². The third kappa shape index (κ3) is 8.71. The minimum atomic E-state index is -0.236. The van der Waals surface area contributed by atoms with Crippen LogP contribution in [0.25, 0.3) is 0 Å². The number of hydrogen-bond donors (Lipinski definition) is 3. The summed E-state index contributed by atoms with van der Waals surface area (Å²) in [5.41, 5.74) is 6.57. The summed E-state index contributed by atoms with van der Waals surface area (Å²) in [6.07, 6.45) is 4.42. The molecule has 3 rings (SSSR count). The summed E-state index contributed by atoms with van der Waals surface area (Å²) in [4.78, 5) is 23.1. The van der Waals surface area contributed by atoms with E-state index in [1.54, 1.807) is 6.20 Å². The largest absolute Gasteiger partial charge is 0.494 e. The molecule has 0 spiro atoms. The molecule has 1 unspecified atom stereocenters. The van der Waals surface area contributed by atoms with Gasteiger partial charge in [-0.25, -0.2) is 9.98 Å². The molecule has 33 heavy (non-hydrogen) atoms. The lowest BCUT2D eigenvalue weighted by atomic mass is 9.97. The van der Waals surface area contributed by atoms with Gasteiger partial charge in [0.2, 0.25) is 5.91 Å². The molecule has 2 aromatic rings. The SMILES string of the molecule is CCNC(=NCc1cccnc1N1CCCC(C(N)=O)C1)NCCCOc1ccccc1.I. The summed E-state index contributed by atoms with van der Waals surface area (Å²) in [5, 5.41) is 6.65. The van der Waals surface area contributed by atoms with Crippen molar-refractivity contribution in [3.8, 4) is 5.75 Å². The number of primary amides is 1. The van der Waals surface area contributed by atoms with Crippen LogP contribution in [0.5, 0.6) is 5.75 Å². The number of pyridine rings is 1. The van der Waals surface area contributed by atoms with E-state index in [1.807, 2.05) is 49.4 Å². The third-order valence-electron chi connectivity index (χ3n) is 5.37. The molecule has 1 saturated heterocycles. The fraction of sp³-hybridized carbons (Fsp3) is 0.458. The lowest BCUT2D eigenvalue weighted by Gasteiger charge is -2.33. The highest BCUT2D eigenvalue weighted by molar-refractivity contribution is 14.0. The first-order chi connectivity index (χ1) is 15.7. The topological polar surface area (TPSA) is 105 Å². The molecule has 2 heterocycles. The van der Waals surface area contributed by atoms with Crippen molar-refractivity contribution in [2.45, 2.75) is 32.7 Å². The van der Waals surface area contributed by atoms with Gasteiger partial charge in [-0.15, -0.1) is 24.0 Å². The number of nitrogens with zero attached hydrogens (tertiary/aromatic N) is 3. The van der Waals surface area contributed by atoms with E-state index in [1.165, 1.54) is 0 Å². The van der Waals surface area contributed by atoms with Gasteiger partial charge in [-0.1, -0.05) is 24.3 Å². The maximum absolute atomic E-state index is 11.7. The maximum atomic E-state index is 11.7. The van der Waals surface area contributed by atoms with Gasteiger partial charge in [-0.2, -0.15) is 0 Å². The summed E-state index contributed by atoms with van der Waals surface area (Å²) < 4.78 is 5.74. The Hall–Kier alpha value is -2.56. The Morgan fingerprint density at radius 2 is 2.06 bits per heavy atom. The molecule has 1 amide bonds. The van der Waals surface area contributed by atoms with Crippen molar-refractivity contribution in [2.75, 3.05) is 37.7 Å². The molecule has 9 heteroatoms. The molecule has 0 aliphatic carbocycles. The lowest BCUT2D eigenvalue weighted by molar-refractivity contribution is -0.122. The molecule has 1 aliphatic heterocycles. The van der Waals surface area contributed by atoms with Crippen LogP contribution in [0.4, 0.5) is 5.82 Å². The average molecular weight is 566 g/mol. The van der Waals surface area contributed by atoms with Gasteiger partial charge in [0, 0.05) is 37.9 Å². The van der Waals surface area contributed by atoms with Gasteiger partial charge in [0.15, 0.2) is 5.96 Å². The van der Waals surface area contributed by atoms with Crippen LogP contribution in [0.3, 0.4) is 0 Å². The number of para-hydroxylation sites is 1. The second-order valence-corrected chi connectivity index (χ2v) is 7.81. The number of guanidine groups is 1. The van der Waals surface area contributed by atoms with Crippen molar-refractivity contribution in [1.29, 1.82) is 0 Å². The number of ether oxygens (including phenoxy) is 1. The van der Waals surface area contributed by atoms with Gasteiger partial charge in [0.05, 0.1) is 19.1 Å². The Labute approximate surface area is 213 Å². The molecule has 1 atom stereocenters. The average Bonchev–Trinajstić information content (AvgIpc) is 2.83. The molecule has 1 fully saturated rings. The number of nitrogens with one attached hydrogen (secondary N) is 2. The molecule has 180 valence electrons. The predicted molar refractivity (Wildman–Crippen MR) is 143 cm³/mol. The number of anilines is 1. The molecule has 1 aromatic heterocycles. The zero-order chi connectivity index (χ0) is 22.6. The van der Waals surface area contributed by atoms with E-state index in [0.29, 0.717) is 19.7 Å². The van der Waals surface area contributed by atoms with Crippen LogP contribution in [0.2, 0.25) is 0 Å². The monoisotopic (exact) mass is 566 g/mol. The molecule has 0 radical (unpaired) electrons. The third-order valence-corrected chi connectivity index (χ3v) is 5.37. The van der Waals surface area contributed by atoms with Gasteiger partial charge < -0.3 is 26.0 Å². The number of piperidine rings is 1. The number of carbonyl (C=O) groups excluding carboxylic acids is 1. The second-order valence-electron chi connectivity index (χ2n) is 7.81. The predicted octanol–water partition coefficient (Wildman–Crippen LogP) is 2.93. The fourth-order valence-electron chi connectivity index (χ4n) is 3.73. The van der Waals surface area contributed by atoms with E-state index >= 15 is 0 Å². The number of nitrogens with two attached hydrogens (primary N) is 1. The van der Waals surface area contributed by atoms with Crippen molar-refractivity contribution in [2.24, 2.45) is 16.6 Å². The van der Waals surface area contributed by atoms with Gasteiger partial charge in [0.1, 0.15) is 11.6 Å². The number of benzene rings is 1. The van der Waals surface area contributed by atoms with Gasteiger partial charge >= 0.3 is 0 Å². The minimum absolute atomic E-state index is 0. The van der Waals surface area contributed by atoms with Crippen LogP contribution in [0.1, 0.15) is 31.7 Å². The van der Waals surface area contributed by atoms with Gasteiger partial charge in [0.25, 0.3) is 0 Å². The van der Waals surface area contributed by atoms with Crippen molar-refractivity contribution < 1.29 is 9.53 Å². The van der Waals surface area contributed by atoms with Crippen molar-refractivity contribution >= 4 is 41.7 Å². The zero-order valence-corrected chi connectivity index (χ0v) is 21.5. The summed E-state index contributed by atoms with van der Waals surface area (Å²) in [7, 11) is 0. The zero-order valence-electron chi connectivity index (χ0n) is 19.2. The molecule has 1 aliphatic rings. The van der Waals surface area contributed by atoms with Crippen molar-refractivity contribution in [3.63, 3.8) is 0 Å². The standard InChI is InChI=1S/C24H34N6O2.HI/c1-2-26-24(28-14-8-16-32-21-11-4-3-5-12-21)29-17-19-9-6-13-27-23(19)30-15-7-10-20(18-30)22(25)31;/h3-6,9,11-13,20H,2,7-8,10,14-18H2,1H3,(H2,25,31)(H2,26,28,29);1H. The summed E-state index contributed by atoms with van der Waals surface area (Å²) in [6.45, 7) is 6.20. The number of hydrogen-bond acceptors (Lipinski definition) is 5. The summed E-state index contributed by atoms with van der Waals surface area (Å²) in [5.74, 6) is 2.16. The van der Waals surface area contributed by atoms with Crippen LogP contribution in [-0.2, 0) is 11.3 Å². The number of amides is 1. The Kier molecular flexibility index (Phi) is 11.8. The van der Waals surface area contributed by atoms with E-state index in [4.69, 9.17) is 15.5 Å². The molecule has 4 N–H and O–H groups in total. The van der Waals surface area contributed by atoms with Crippen molar-refractivity contribution in [3.05, 3.63) is 54.2 Å². The number of carbonyl (C=O) groups is 1. The quantitative estimate of drug-likeness (QED) is 0.177. The van der Waals surface area contributed by atoms with Gasteiger partial charge in [-0.05, 0) is 44.4 Å². The molecule has 0 bridgehead atoms. The fourth-order valence-corrected chi connectivity index (χ4v) is 3.73. The molecule has 1 aromatic carbocycles. The van der Waals surface area contributed by atoms with E-state index in [2.05, 4.69) is 20.5 Å². The van der Waals surface area contributed by atoms with E-state index < -0.39 is 0 Å². The Morgan fingerprint density at radius 3 is 2.82 bits per heavy atom. The Balaban J connectivity index is 0.00000385. The van der Waals surface area contributed by atoms with Crippen LogP contribution < -0.4 is 26.0 Å². The summed E-state index contributed by atoms with van der Waals surface area (Å²) >= 11 is 0. The molecule has 0 saturated carbocycles. The lowest BCUT2D eigenvalue weighted by Crippen LogP contribution is -2.42. The minimum Gasteiger partial charge on any atom is -0.494 e. The summed E-state index contributed by atoms with van der Waals surface area (Å²) in [6, 6.07) is 13.8. The van der Waals surface area contributed by atoms with Crippen LogP contribution >= 0.6 is 24.0 Å². The highest BCUT2D eigenvalue weighted by Crippen LogP contribution is 2.24. The highest BCUT2D eigenvalue weighted by atomic mass is 127. The second kappa shape index (κ2) is 14.6. The number of rotatable bonds is 10. The molecule has 8 nitrogen and oxygen atoms in total. The van der Waals surface area contributed by atoms with Crippen molar-refractivity contribution in [1.82, 2.24) is 15.6 Å². The van der Waals surface area contributed by atoms with Gasteiger partial charge in [-0.3, -0.25) is 4.79 Å². The number of aliphatic imine (C=N–C) groups is 1. The van der Waals surface area contributed by atoms with Crippen LogP contribution in [0.15, 0.2) is 53.7 Å². The first-order valence-electron chi connectivity index (χ1n) is 11.4. The van der Waals surface area contributed by atoms with Crippen LogP contribution in [0, 0.1) is 5.92 Å². The Bertz CT molecular complexity index is 880. The number of aromatic nitrogens is 1. The van der Waals surface area contributed by atoms with E-state index in [0.717, 1.165) is 62.0 Å². The first-order valence-corrected chi connectivity index (χ1v) is 11.4. The highest BCUT2D eigenvalue weighted by Gasteiger charge is 2.25. The van der Waals surface area contributed by atoms with Crippen LogP contribution in [-0.4, -0.2) is 49.6 Å². The number of halogens is 1. The normalized spacial score (nSPS) is 16.0. The molecular weight excluding hydrogens is 531 g/mol.